The van der Waals surface area contributed by atoms with Gasteiger partial charge in [-0.1, -0.05) is 30.3 Å². The van der Waals surface area contributed by atoms with E-state index in [4.69, 9.17) is 14.2 Å². The van der Waals surface area contributed by atoms with E-state index >= 15 is 0 Å². The lowest BCUT2D eigenvalue weighted by molar-refractivity contribution is -0.0412. The lowest BCUT2D eigenvalue weighted by Gasteiger charge is -2.37. The molecule has 0 spiro atoms. The Hall–Kier alpha value is -3.31. The molecule has 0 bridgehead atoms. The predicted octanol–water partition coefficient (Wildman–Crippen LogP) is 4.66. The van der Waals surface area contributed by atoms with Gasteiger partial charge in [-0.05, 0) is 60.9 Å². The first kappa shape index (κ1) is 20.0. The van der Waals surface area contributed by atoms with Crippen molar-refractivity contribution in [2.45, 2.75) is 32.0 Å². The average Bonchev–Trinajstić information content (AvgIpc) is 2.74. The molecule has 0 saturated carbocycles. The molecule has 4 rings (SSSR count). The highest BCUT2D eigenvalue weighted by Gasteiger charge is 2.35. The molecule has 5 nitrogen and oxygen atoms in total. The van der Waals surface area contributed by atoms with Crippen LogP contribution in [0.15, 0.2) is 66.7 Å². The van der Waals surface area contributed by atoms with E-state index in [0.29, 0.717) is 23.5 Å². The van der Waals surface area contributed by atoms with Crippen LogP contribution in [0.25, 0.3) is 11.1 Å². The summed E-state index contributed by atoms with van der Waals surface area (Å²) in [7, 11) is 1.63. The molecule has 3 aromatic rings. The fourth-order valence-corrected chi connectivity index (χ4v) is 3.43. The number of hydrogen-bond acceptors (Lipinski definition) is 5. The molecule has 3 aromatic carbocycles. The molecule has 1 N–H and O–H groups in total. The van der Waals surface area contributed by atoms with Crippen LogP contribution in [0.3, 0.4) is 0 Å². The van der Waals surface area contributed by atoms with Crippen molar-refractivity contribution in [2.24, 2.45) is 0 Å². The van der Waals surface area contributed by atoms with Gasteiger partial charge in [-0.25, -0.2) is 4.79 Å². The van der Waals surface area contributed by atoms with Crippen molar-refractivity contribution in [2.75, 3.05) is 7.11 Å². The van der Waals surface area contributed by atoms with Gasteiger partial charge in [0, 0.05) is 12.5 Å². The number of aliphatic hydroxyl groups is 1. The summed E-state index contributed by atoms with van der Waals surface area (Å²) in [6.45, 7) is 3.67. The lowest BCUT2D eigenvalue weighted by atomic mass is 9.91. The molecule has 0 radical (unpaired) electrons. The van der Waals surface area contributed by atoms with Crippen LogP contribution in [-0.2, 0) is 6.42 Å². The molecular formula is C25H24O5. The number of esters is 1. The van der Waals surface area contributed by atoms with E-state index in [2.05, 4.69) is 0 Å². The van der Waals surface area contributed by atoms with Gasteiger partial charge in [-0.2, -0.15) is 0 Å². The molecule has 0 saturated heterocycles. The molecule has 0 fully saturated rings. The zero-order valence-electron chi connectivity index (χ0n) is 17.2. The molecular weight excluding hydrogens is 380 g/mol. The van der Waals surface area contributed by atoms with Crippen LogP contribution in [0, 0.1) is 0 Å². The second-order valence-corrected chi connectivity index (χ2v) is 7.89. The minimum atomic E-state index is -0.689. The number of fused-ring (bicyclic) bond motifs is 1. The van der Waals surface area contributed by atoms with Gasteiger partial charge in [0.2, 0.25) is 0 Å². The maximum Gasteiger partial charge on any atom is 0.343 e. The predicted molar refractivity (Wildman–Crippen MR) is 114 cm³/mol. The lowest BCUT2D eigenvalue weighted by Crippen LogP contribution is -2.46. The number of benzene rings is 3. The summed E-state index contributed by atoms with van der Waals surface area (Å²) in [5, 5.41) is 10.2. The van der Waals surface area contributed by atoms with E-state index in [9.17, 15) is 9.90 Å². The third kappa shape index (κ3) is 4.02. The van der Waals surface area contributed by atoms with Crippen molar-refractivity contribution in [1.82, 2.24) is 0 Å². The maximum absolute atomic E-state index is 12.6. The Kier molecular flexibility index (Phi) is 5.22. The van der Waals surface area contributed by atoms with E-state index in [0.717, 1.165) is 22.4 Å². The van der Waals surface area contributed by atoms with Crippen LogP contribution in [0.1, 0.15) is 29.8 Å². The summed E-state index contributed by atoms with van der Waals surface area (Å²) >= 11 is 0. The van der Waals surface area contributed by atoms with Crippen LogP contribution in [0.4, 0.5) is 0 Å². The Morgan fingerprint density at radius 3 is 2.50 bits per heavy atom. The van der Waals surface area contributed by atoms with E-state index in [1.807, 2.05) is 56.3 Å². The van der Waals surface area contributed by atoms with Gasteiger partial charge >= 0.3 is 5.97 Å². The normalized spacial score (nSPS) is 16.9. The highest BCUT2D eigenvalue weighted by atomic mass is 16.5. The Labute approximate surface area is 175 Å². The van der Waals surface area contributed by atoms with E-state index in [-0.39, 0.29) is 0 Å². The smallest absolute Gasteiger partial charge is 0.343 e. The number of rotatable bonds is 4. The van der Waals surface area contributed by atoms with Crippen LogP contribution < -0.4 is 14.2 Å². The topological polar surface area (TPSA) is 65.0 Å². The third-order valence-electron chi connectivity index (χ3n) is 5.36. The van der Waals surface area contributed by atoms with Gasteiger partial charge < -0.3 is 19.3 Å². The summed E-state index contributed by atoms with van der Waals surface area (Å²) in [6.07, 6.45) is -0.0797. The summed E-state index contributed by atoms with van der Waals surface area (Å²) in [5.74, 6) is 1.37. The molecule has 1 aliphatic heterocycles. The van der Waals surface area contributed by atoms with Crippen LogP contribution in [0.2, 0.25) is 0 Å². The van der Waals surface area contributed by atoms with Crippen LogP contribution >= 0.6 is 0 Å². The van der Waals surface area contributed by atoms with Gasteiger partial charge in [0.1, 0.15) is 22.8 Å². The van der Waals surface area contributed by atoms with Crippen molar-refractivity contribution >= 4 is 5.97 Å². The highest BCUT2D eigenvalue weighted by Crippen LogP contribution is 2.36. The van der Waals surface area contributed by atoms with Gasteiger partial charge in [0.05, 0.1) is 18.8 Å². The number of methoxy groups -OCH3 is 1. The van der Waals surface area contributed by atoms with Crippen LogP contribution in [-0.4, -0.2) is 29.9 Å². The molecule has 0 aliphatic carbocycles. The number of hydrogen-bond donors (Lipinski definition) is 1. The summed E-state index contributed by atoms with van der Waals surface area (Å²) in [4.78, 5) is 12.6. The van der Waals surface area contributed by atoms with Crippen molar-refractivity contribution in [1.29, 1.82) is 0 Å². The van der Waals surface area contributed by atoms with Crippen LogP contribution in [0.5, 0.6) is 17.2 Å². The van der Waals surface area contributed by atoms with Gasteiger partial charge in [-0.3, -0.25) is 0 Å². The van der Waals surface area contributed by atoms with Crippen molar-refractivity contribution in [3.8, 4) is 28.4 Å². The van der Waals surface area contributed by atoms with Crippen molar-refractivity contribution < 1.29 is 24.1 Å². The second-order valence-electron chi connectivity index (χ2n) is 7.89. The number of carbonyl (C=O) groups excluding carboxylic acids is 1. The Bertz CT molecular complexity index is 1070. The molecule has 0 amide bonds. The third-order valence-corrected chi connectivity index (χ3v) is 5.36. The summed E-state index contributed by atoms with van der Waals surface area (Å²) in [6, 6.07) is 20.2. The zero-order chi connectivity index (χ0) is 21.3. The zero-order valence-corrected chi connectivity index (χ0v) is 17.2. The first-order chi connectivity index (χ1) is 14.4. The monoisotopic (exact) mass is 404 g/mol. The fourth-order valence-electron chi connectivity index (χ4n) is 3.43. The largest absolute Gasteiger partial charge is 0.497 e. The summed E-state index contributed by atoms with van der Waals surface area (Å²) in [5.41, 5.74) is 2.64. The Balaban J connectivity index is 1.49. The van der Waals surface area contributed by atoms with E-state index in [1.54, 1.807) is 31.4 Å². The van der Waals surface area contributed by atoms with Crippen molar-refractivity contribution in [3.05, 3.63) is 77.9 Å². The first-order valence-corrected chi connectivity index (χ1v) is 9.82. The molecule has 1 atom stereocenters. The molecule has 154 valence electrons. The van der Waals surface area contributed by atoms with E-state index in [1.165, 1.54) is 0 Å². The number of carbonyl (C=O) groups is 1. The molecule has 0 aromatic heterocycles. The minimum Gasteiger partial charge on any atom is -0.497 e. The Morgan fingerprint density at radius 2 is 1.77 bits per heavy atom. The quantitative estimate of drug-likeness (QED) is 0.506. The fraction of sp³-hybridized carbons (Fsp3) is 0.240. The summed E-state index contributed by atoms with van der Waals surface area (Å²) < 4.78 is 16.7. The van der Waals surface area contributed by atoms with Gasteiger partial charge in [0.15, 0.2) is 0 Å². The van der Waals surface area contributed by atoms with Crippen molar-refractivity contribution in [3.63, 3.8) is 0 Å². The van der Waals surface area contributed by atoms with Gasteiger partial charge in [0.25, 0.3) is 0 Å². The van der Waals surface area contributed by atoms with Gasteiger partial charge in [-0.15, -0.1) is 0 Å². The average molecular weight is 404 g/mol. The standard InChI is InChI=1S/C25H24O5/c1-25(2)23(26)14-19-11-12-21(15-22(19)30-25)29-24(27)17-9-7-16(8-10-17)18-5-4-6-20(13-18)28-3/h4-13,15,23,26H,14H2,1-3H3. The maximum atomic E-state index is 12.6. The molecule has 1 aliphatic rings. The first-order valence-electron chi connectivity index (χ1n) is 9.82. The second kappa shape index (κ2) is 7.84. The minimum absolute atomic E-state index is 0.405. The number of ether oxygens (including phenoxy) is 3. The molecule has 5 heteroatoms. The van der Waals surface area contributed by atoms with E-state index < -0.39 is 17.7 Å². The number of aliphatic hydroxyl groups excluding tert-OH is 1. The molecule has 1 heterocycles. The highest BCUT2D eigenvalue weighted by molar-refractivity contribution is 5.91. The molecule has 30 heavy (non-hydrogen) atoms. The Morgan fingerprint density at radius 1 is 1.00 bits per heavy atom. The molecule has 1 unspecified atom stereocenters. The SMILES string of the molecule is COc1cccc(-c2ccc(C(=O)Oc3ccc4c(c3)OC(C)(C)C(O)C4)cc2)c1.